The van der Waals surface area contributed by atoms with Crippen LogP contribution in [0.25, 0.3) is 0 Å². The lowest BCUT2D eigenvalue weighted by molar-refractivity contribution is -0.166. The second-order valence-corrected chi connectivity index (χ2v) is 19.3. The van der Waals surface area contributed by atoms with Crippen LogP contribution in [0.4, 0.5) is 0 Å². The molecule has 0 rings (SSSR count). The summed E-state index contributed by atoms with van der Waals surface area (Å²) in [4.78, 5) is 38.1. The number of ether oxygens (including phenoxy) is 3. The molecule has 0 aliphatic carbocycles. The summed E-state index contributed by atoms with van der Waals surface area (Å²) in [5.41, 5.74) is 0. The Morgan fingerprint density at radius 3 is 1.03 bits per heavy atom. The normalized spacial score (nSPS) is 12.6. The number of esters is 3. The minimum atomic E-state index is -0.811. The summed E-state index contributed by atoms with van der Waals surface area (Å²) >= 11 is 0. The third-order valence-electron chi connectivity index (χ3n) is 12.5. The van der Waals surface area contributed by atoms with Gasteiger partial charge in [-0.25, -0.2) is 0 Å². The van der Waals surface area contributed by atoms with Gasteiger partial charge in [0.15, 0.2) is 6.10 Å². The van der Waals surface area contributed by atoms with E-state index < -0.39 is 6.10 Å². The van der Waals surface area contributed by atoms with Crippen LogP contribution in [0, 0.1) is 0 Å². The molecule has 0 fully saturated rings. The van der Waals surface area contributed by atoms with Crippen molar-refractivity contribution in [2.24, 2.45) is 0 Å². The summed E-state index contributed by atoms with van der Waals surface area (Å²) in [6.45, 7) is 6.56. The molecule has 0 aromatic rings. The fraction of sp³-hybridized carbons (Fsp3) is 0.758. The maximum Gasteiger partial charge on any atom is 0.306 e. The van der Waals surface area contributed by atoms with Gasteiger partial charge < -0.3 is 14.2 Å². The average Bonchev–Trinajstić information content (AvgIpc) is 3.34. The summed E-state index contributed by atoms with van der Waals surface area (Å²) in [6.07, 6.45) is 71.9. The fourth-order valence-electron chi connectivity index (χ4n) is 8.08. The molecule has 0 radical (unpaired) electrons. The number of unbranched alkanes of at least 4 members (excludes halogenated alkanes) is 31. The number of allylic oxidation sites excluding steroid dienone is 12. The Bertz CT molecular complexity index is 1270. The molecular formula is C62H108O6. The minimum Gasteiger partial charge on any atom is -0.462 e. The van der Waals surface area contributed by atoms with Gasteiger partial charge in [0.2, 0.25) is 0 Å². The molecule has 0 aliphatic heterocycles. The zero-order valence-corrected chi connectivity index (χ0v) is 44.9. The molecule has 0 aromatic carbocycles. The van der Waals surface area contributed by atoms with Gasteiger partial charge in [-0.05, 0) is 89.9 Å². The maximum absolute atomic E-state index is 12.8. The van der Waals surface area contributed by atoms with Crippen LogP contribution in [-0.4, -0.2) is 37.2 Å². The first-order valence-electron chi connectivity index (χ1n) is 29.0. The van der Waals surface area contributed by atoms with Crippen LogP contribution in [0.1, 0.15) is 284 Å². The molecule has 0 bridgehead atoms. The number of hydrogen-bond acceptors (Lipinski definition) is 6. The molecule has 6 heteroatoms. The molecule has 0 amide bonds. The standard InChI is InChI=1S/C62H108O6/c1-4-7-10-13-16-19-22-25-27-29-31-33-34-37-40-43-46-49-52-55-61(64)67-58-59(57-66-60(63)54-51-48-45-42-39-36-24-21-18-15-12-9-6-3)68-62(65)56-53-50-47-44-41-38-35-32-30-28-26-23-20-17-14-11-8-5-2/h23,26,28-32,35-36,39,45,48,59H,4-22,24-25,27,33-34,37-38,40-44,46-47,49-58H2,1-3H3/b26-23-,30-28-,31-29-,35-32-,39-36-,48-45-. The molecule has 1 atom stereocenters. The first-order valence-corrected chi connectivity index (χ1v) is 29.0. The minimum absolute atomic E-state index is 0.103. The third-order valence-corrected chi connectivity index (χ3v) is 12.5. The van der Waals surface area contributed by atoms with Gasteiger partial charge in [-0.2, -0.15) is 0 Å². The Hall–Kier alpha value is -3.15. The van der Waals surface area contributed by atoms with Gasteiger partial charge in [0, 0.05) is 19.3 Å². The number of rotatable bonds is 52. The fourth-order valence-corrected chi connectivity index (χ4v) is 8.08. The van der Waals surface area contributed by atoms with Crippen molar-refractivity contribution in [1.82, 2.24) is 0 Å². The van der Waals surface area contributed by atoms with Crippen molar-refractivity contribution in [3.8, 4) is 0 Å². The van der Waals surface area contributed by atoms with E-state index in [9.17, 15) is 14.4 Å². The smallest absolute Gasteiger partial charge is 0.306 e. The van der Waals surface area contributed by atoms with Crippen LogP contribution < -0.4 is 0 Å². The molecule has 0 aromatic heterocycles. The van der Waals surface area contributed by atoms with E-state index in [1.165, 1.54) is 161 Å². The first-order chi connectivity index (χ1) is 33.5. The second kappa shape index (κ2) is 56.4. The molecule has 0 saturated carbocycles. The largest absolute Gasteiger partial charge is 0.462 e. The van der Waals surface area contributed by atoms with Crippen molar-refractivity contribution in [2.75, 3.05) is 13.2 Å². The van der Waals surface area contributed by atoms with Crippen molar-refractivity contribution in [3.05, 3.63) is 72.9 Å². The molecule has 0 spiro atoms. The van der Waals surface area contributed by atoms with E-state index in [4.69, 9.17) is 14.2 Å². The van der Waals surface area contributed by atoms with Crippen LogP contribution in [0.2, 0.25) is 0 Å². The molecule has 0 aliphatic rings. The SMILES string of the molecule is CCCCCCC\C=C/C=C\C=C/CCCCCCCC(=O)OC(COC(=O)CC/C=C\C/C=C\CCCCCCCC)COC(=O)CCCCCCCCC/C=C\CCCCCCCCCC. The third kappa shape index (κ3) is 53.8. The van der Waals surface area contributed by atoms with E-state index in [-0.39, 0.29) is 37.5 Å². The van der Waals surface area contributed by atoms with Crippen LogP contribution in [0.3, 0.4) is 0 Å². The van der Waals surface area contributed by atoms with Gasteiger partial charge in [0.25, 0.3) is 0 Å². The molecule has 68 heavy (non-hydrogen) atoms. The molecular weight excluding hydrogens is 841 g/mol. The van der Waals surface area contributed by atoms with Gasteiger partial charge in [-0.1, -0.05) is 248 Å². The van der Waals surface area contributed by atoms with Crippen molar-refractivity contribution in [3.63, 3.8) is 0 Å². The Kier molecular flexibility index (Phi) is 53.8. The molecule has 1 unspecified atom stereocenters. The van der Waals surface area contributed by atoms with Gasteiger partial charge in [0.05, 0.1) is 0 Å². The predicted octanol–water partition coefficient (Wildman–Crippen LogP) is 19.4. The Morgan fingerprint density at radius 2 is 0.618 bits per heavy atom. The van der Waals surface area contributed by atoms with E-state index in [2.05, 4.69) is 87.6 Å². The highest BCUT2D eigenvalue weighted by Gasteiger charge is 2.19. The van der Waals surface area contributed by atoms with Gasteiger partial charge in [-0.15, -0.1) is 0 Å². The number of hydrogen-bond donors (Lipinski definition) is 0. The lowest BCUT2D eigenvalue weighted by Crippen LogP contribution is -2.30. The van der Waals surface area contributed by atoms with E-state index >= 15 is 0 Å². The van der Waals surface area contributed by atoms with Crippen LogP contribution in [-0.2, 0) is 28.6 Å². The second-order valence-electron chi connectivity index (χ2n) is 19.3. The number of carbonyl (C=O) groups excluding carboxylic acids is 3. The van der Waals surface area contributed by atoms with Crippen molar-refractivity contribution >= 4 is 17.9 Å². The predicted molar refractivity (Wildman–Crippen MR) is 293 cm³/mol. The topological polar surface area (TPSA) is 78.9 Å². The molecule has 6 nitrogen and oxygen atoms in total. The van der Waals surface area contributed by atoms with Gasteiger partial charge in [0.1, 0.15) is 13.2 Å². The highest BCUT2D eigenvalue weighted by Crippen LogP contribution is 2.15. The van der Waals surface area contributed by atoms with E-state index in [0.29, 0.717) is 19.3 Å². The van der Waals surface area contributed by atoms with Gasteiger partial charge >= 0.3 is 17.9 Å². The van der Waals surface area contributed by atoms with E-state index in [1.807, 2.05) is 6.08 Å². The monoisotopic (exact) mass is 949 g/mol. The zero-order valence-electron chi connectivity index (χ0n) is 44.9. The number of carbonyl (C=O) groups is 3. The highest BCUT2D eigenvalue weighted by atomic mass is 16.6. The van der Waals surface area contributed by atoms with Crippen molar-refractivity contribution in [1.29, 1.82) is 0 Å². The molecule has 0 saturated heterocycles. The summed E-state index contributed by atoms with van der Waals surface area (Å²) in [5.74, 6) is -0.990. The first kappa shape index (κ1) is 64.8. The Labute approximate surface area is 421 Å². The van der Waals surface area contributed by atoms with Crippen molar-refractivity contribution in [2.45, 2.75) is 290 Å². The average molecular weight is 950 g/mol. The lowest BCUT2D eigenvalue weighted by atomic mass is 10.1. The maximum atomic E-state index is 12.8. The van der Waals surface area contributed by atoms with Gasteiger partial charge in [-0.3, -0.25) is 14.4 Å². The quantitative estimate of drug-likeness (QED) is 0.0199. The van der Waals surface area contributed by atoms with Crippen LogP contribution in [0.5, 0.6) is 0 Å². The summed E-state index contributed by atoms with van der Waals surface area (Å²) in [6, 6.07) is 0. The van der Waals surface area contributed by atoms with E-state index in [1.54, 1.807) is 0 Å². The highest BCUT2D eigenvalue weighted by molar-refractivity contribution is 5.71. The lowest BCUT2D eigenvalue weighted by Gasteiger charge is -2.18. The van der Waals surface area contributed by atoms with Crippen molar-refractivity contribution < 1.29 is 28.6 Å². The molecule has 0 heterocycles. The zero-order chi connectivity index (χ0) is 49.3. The summed E-state index contributed by atoms with van der Waals surface area (Å²) in [7, 11) is 0. The summed E-state index contributed by atoms with van der Waals surface area (Å²) < 4.78 is 16.8. The Balaban J connectivity index is 4.45. The van der Waals surface area contributed by atoms with Crippen LogP contribution in [0.15, 0.2) is 72.9 Å². The summed E-state index contributed by atoms with van der Waals surface area (Å²) in [5, 5.41) is 0. The molecule has 0 N–H and O–H groups in total. The van der Waals surface area contributed by atoms with Crippen LogP contribution >= 0.6 is 0 Å². The Morgan fingerprint density at radius 1 is 0.309 bits per heavy atom. The van der Waals surface area contributed by atoms with E-state index in [0.717, 1.165) is 77.0 Å². The molecule has 392 valence electrons.